The molecule has 0 amide bonds. The highest BCUT2D eigenvalue weighted by Gasteiger charge is 2.08. The molecule has 0 bridgehead atoms. The first kappa shape index (κ1) is 11.7. The molecule has 88 valence electrons. The Labute approximate surface area is 105 Å². The highest BCUT2D eigenvalue weighted by atomic mass is 32.1. The minimum absolute atomic E-state index is 0.321. The van der Waals surface area contributed by atoms with Crippen LogP contribution in [0.5, 0.6) is 0 Å². The van der Waals surface area contributed by atoms with Gasteiger partial charge in [-0.2, -0.15) is 5.10 Å². The van der Waals surface area contributed by atoms with E-state index in [1.165, 1.54) is 0 Å². The summed E-state index contributed by atoms with van der Waals surface area (Å²) >= 11 is 4.99. The van der Waals surface area contributed by atoms with E-state index in [0.29, 0.717) is 17.2 Å². The predicted molar refractivity (Wildman–Crippen MR) is 70.9 cm³/mol. The number of pyridine rings is 1. The predicted octanol–water partition coefficient (Wildman–Crippen LogP) is 1.58. The second-order valence-electron chi connectivity index (χ2n) is 3.96. The minimum Gasteiger partial charge on any atom is -0.388 e. The van der Waals surface area contributed by atoms with Crippen LogP contribution in [0.4, 0.5) is 0 Å². The van der Waals surface area contributed by atoms with Gasteiger partial charge in [-0.25, -0.2) is 0 Å². The van der Waals surface area contributed by atoms with Crippen LogP contribution in [0.1, 0.15) is 22.6 Å². The van der Waals surface area contributed by atoms with Gasteiger partial charge in [-0.1, -0.05) is 18.3 Å². The molecule has 2 aromatic heterocycles. The summed E-state index contributed by atoms with van der Waals surface area (Å²) in [5.74, 6) is 0. The molecular weight excluding hydrogens is 232 g/mol. The fourth-order valence-corrected chi connectivity index (χ4v) is 1.97. The Balaban J connectivity index is 2.36. The number of hydrogen-bond donors (Lipinski definition) is 1. The van der Waals surface area contributed by atoms with Crippen LogP contribution in [0.25, 0.3) is 0 Å². The van der Waals surface area contributed by atoms with Crippen molar-refractivity contribution in [2.75, 3.05) is 0 Å². The maximum atomic E-state index is 5.65. The molecule has 0 aliphatic heterocycles. The zero-order valence-corrected chi connectivity index (χ0v) is 10.7. The summed E-state index contributed by atoms with van der Waals surface area (Å²) in [6, 6.07) is 5.89. The van der Waals surface area contributed by atoms with Crippen LogP contribution in [0, 0.1) is 13.8 Å². The van der Waals surface area contributed by atoms with Crippen molar-refractivity contribution >= 4 is 17.2 Å². The van der Waals surface area contributed by atoms with E-state index in [1.54, 1.807) is 6.20 Å². The van der Waals surface area contributed by atoms with E-state index in [4.69, 9.17) is 18.0 Å². The molecule has 17 heavy (non-hydrogen) atoms. The normalized spacial score (nSPS) is 10.5. The lowest BCUT2D eigenvalue weighted by molar-refractivity contribution is 0.656. The monoisotopic (exact) mass is 246 g/mol. The maximum Gasteiger partial charge on any atom is 0.123 e. The van der Waals surface area contributed by atoms with Crippen molar-refractivity contribution in [3.8, 4) is 0 Å². The number of aryl methyl sites for hydroxylation is 2. The van der Waals surface area contributed by atoms with Crippen molar-refractivity contribution in [2.45, 2.75) is 20.4 Å². The van der Waals surface area contributed by atoms with Crippen LogP contribution in [0.3, 0.4) is 0 Å². The van der Waals surface area contributed by atoms with E-state index in [0.717, 1.165) is 17.0 Å². The van der Waals surface area contributed by atoms with E-state index in [-0.39, 0.29) is 0 Å². The number of nitrogens with two attached hydrogens (primary N) is 1. The molecule has 2 N–H and O–H groups in total. The fraction of sp³-hybridized carbons (Fsp3) is 0.250. The Hall–Kier alpha value is -1.75. The second-order valence-corrected chi connectivity index (χ2v) is 4.40. The smallest absolute Gasteiger partial charge is 0.123 e. The Morgan fingerprint density at radius 2 is 2.24 bits per heavy atom. The molecule has 0 aliphatic rings. The molecule has 0 radical (unpaired) electrons. The third kappa shape index (κ3) is 2.50. The van der Waals surface area contributed by atoms with E-state index in [1.807, 2.05) is 36.7 Å². The van der Waals surface area contributed by atoms with Gasteiger partial charge in [0.1, 0.15) is 10.7 Å². The summed E-state index contributed by atoms with van der Waals surface area (Å²) in [4.78, 5) is 4.52. The lowest BCUT2D eigenvalue weighted by Crippen LogP contribution is -2.16. The van der Waals surface area contributed by atoms with Gasteiger partial charge in [0.05, 0.1) is 12.2 Å². The van der Waals surface area contributed by atoms with Crippen LogP contribution >= 0.6 is 12.2 Å². The van der Waals surface area contributed by atoms with Gasteiger partial charge in [0.15, 0.2) is 0 Å². The second kappa shape index (κ2) is 4.63. The van der Waals surface area contributed by atoms with Crippen molar-refractivity contribution in [1.82, 2.24) is 14.8 Å². The molecular formula is C12H14N4S. The van der Waals surface area contributed by atoms with Gasteiger partial charge in [-0.05, 0) is 26.0 Å². The molecule has 2 heterocycles. The molecule has 2 aromatic rings. The van der Waals surface area contributed by atoms with E-state index in [9.17, 15) is 0 Å². The number of nitrogens with zero attached hydrogens (tertiary/aromatic N) is 3. The van der Waals surface area contributed by atoms with Gasteiger partial charge in [0.2, 0.25) is 0 Å². The molecule has 2 rings (SSSR count). The summed E-state index contributed by atoms with van der Waals surface area (Å²) in [5, 5.41) is 4.41. The average molecular weight is 246 g/mol. The molecule has 4 nitrogen and oxygen atoms in total. The maximum absolute atomic E-state index is 5.65. The topological polar surface area (TPSA) is 56.7 Å². The first-order chi connectivity index (χ1) is 8.08. The standard InChI is InChI=1S/C12H14N4S/c1-8-6-9(2)16(15-8)7-10-4-3-5-14-11(10)12(13)17/h3-6H,7H2,1-2H3,(H2,13,17). The van der Waals surface area contributed by atoms with Crippen molar-refractivity contribution in [1.29, 1.82) is 0 Å². The van der Waals surface area contributed by atoms with Crippen LogP contribution < -0.4 is 5.73 Å². The van der Waals surface area contributed by atoms with Crippen LogP contribution in [0.2, 0.25) is 0 Å². The summed E-state index contributed by atoms with van der Waals surface area (Å²) in [6.45, 7) is 4.64. The highest BCUT2D eigenvalue weighted by molar-refractivity contribution is 7.80. The zero-order chi connectivity index (χ0) is 12.4. The van der Waals surface area contributed by atoms with Crippen molar-refractivity contribution in [2.24, 2.45) is 5.73 Å². The summed E-state index contributed by atoms with van der Waals surface area (Å²) < 4.78 is 1.92. The number of thiocarbonyl (C=S) groups is 1. The quantitative estimate of drug-likeness (QED) is 0.835. The van der Waals surface area contributed by atoms with E-state index in [2.05, 4.69) is 10.1 Å². The first-order valence-corrected chi connectivity index (χ1v) is 5.73. The Kier molecular flexibility index (Phi) is 3.19. The van der Waals surface area contributed by atoms with Gasteiger partial charge in [0, 0.05) is 17.5 Å². The Morgan fingerprint density at radius 3 is 2.82 bits per heavy atom. The Bertz CT molecular complexity index is 559. The average Bonchev–Trinajstić information content (AvgIpc) is 2.58. The summed E-state index contributed by atoms with van der Waals surface area (Å²) in [5.41, 5.74) is 9.43. The fourth-order valence-electron chi connectivity index (χ4n) is 1.78. The van der Waals surface area contributed by atoms with E-state index >= 15 is 0 Å². The molecule has 0 saturated heterocycles. The molecule has 0 unspecified atom stereocenters. The van der Waals surface area contributed by atoms with Crippen molar-refractivity contribution < 1.29 is 0 Å². The third-order valence-electron chi connectivity index (χ3n) is 2.55. The molecule has 5 heteroatoms. The van der Waals surface area contributed by atoms with Gasteiger partial charge in [0.25, 0.3) is 0 Å². The van der Waals surface area contributed by atoms with Gasteiger partial charge >= 0.3 is 0 Å². The van der Waals surface area contributed by atoms with Crippen LogP contribution in [0.15, 0.2) is 24.4 Å². The highest BCUT2D eigenvalue weighted by Crippen LogP contribution is 2.10. The molecule has 0 atom stereocenters. The number of hydrogen-bond acceptors (Lipinski definition) is 3. The van der Waals surface area contributed by atoms with Crippen molar-refractivity contribution in [3.63, 3.8) is 0 Å². The van der Waals surface area contributed by atoms with Crippen LogP contribution in [-0.4, -0.2) is 19.8 Å². The number of rotatable bonds is 3. The SMILES string of the molecule is Cc1cc(C)n(Cc2cccnc2C(N)=S)n1. The Morgan fingerprint density at radius 1 is 1.47 bits per heavy atom. The minimum atomic E-state index is 0.321. The summed E-state index contributed by atoms with van der Waals surface area (Å²) in [6.07, 6.45) is 1.69. The lowest BCUT2D eigenvalue weighted by atomic mass is 10.2. The van der Waals surface area contributed by atoms with Gasteiger partial charge in [-0.15, -0.1) is 0 Å². The number of aromatic nitrogens is 3. The molecule has 0 spiro atoms. The van der Waals surface area contributed by atoms with E-state index < -0.39 is 0 Å². The molecule has 0 aromatic carbocycles. The van der Waals surface area contributed by atoms with Crippen LogP contribution in [-0.2, 0) is 6.54 Å². The molecule has 0 aliphatic carbocycles. The summed E-state index contributed by atoms with van der Waals surface area (Å²) in [7, 11) is 0. The zero-order valence-electron chi connectivity index (χ0n) is 9.84. The largest absolute Gasteiger partial charge is 0.388 e. The first-order valence-electron chi connectivity index (χ1n) is 5.32. The van der Waals surface area contributed by atoms with Crippen molar-refractivity contribution in [3.05, 3.63) is 47.0 Å². The molecule has 0 fully saturated rings. The van der Waals surface area contributed by atoms with Gasteiger partial charge < -0.3 is 5.73 Å². The van der Waals surface area contributed by atoms with Gasteiger partial charge in [-0.3, -0.25) is 9.67 Å². The molecule has 0 saturated carbocycles. The third-order valence-corrected chi connectivity index (χ3v) is 2.74. The lowest BCUT2D eigenvalue weighted by Gasteiger charge is -2.08.